The van der Waals surface area contributed by atoms with Crippen molar-refractivity contribution in [3.8, 4) is 0 Å². The Balaban J connectivity index is 2.78. The summed E-state index contributed by atoms with van der Waals surface area (Å²) in [5.74, 6) is -0.411. The number of ether oxygens (including phenoxy) is 1. The molecule has 0 saturated carbocycles. The smallest absolute Gasteiger partial charge is 0.330 e. The minimum absolute atomic E-state index is 0.269. The molecule has 1 aromatic carbocycles. The van der Waals surface area contributed by atoms with Crippen LogP contribution in [0, 0.1) is 0 Å². The minimum atomic E-state index is -0.411. The second-order valence-electron chi connectivity index (χ2n) is 3.06. The summed E-state index contributed by atoms with van der Waals surface area (Å²) in [5, 5.41) is 0. The number of rotatable bonds is 5. The van der Waals surface area contributed by atoms with Gasteiger partial charge in [-0.25, -0.2) is 4.79 Å². The molecule has 1 atom stereocenters. The quantitative estimate of drug-likeness (QED) is 0.417. The van der Waals surface area contributed by atoms with Gasteiger partial charge in [-0.05, 0) is 5.56 Å². The van der Waals surface area contributed by atoms with E-state index < -0.39 is 5.97 Å². The van der Waals surface area contributed by atoms with Crippen molar-refractivity contribution < 1.29 is 9.53 Å². The van der Waals surface area contributed by atoms with Gasteiger partial charge >= 0.3 is 5.97 Å². The number of esters is 1. The largest absolute Gasteiger partial charge is 0.454 e. The third-order valence-corrected chi connectivity index (χ3v) is 1.98. The summed E-state index contributed by atoms with van der Waals surface area (Å²) in [6, 6.07) is 9.58. The normalized spacial score (nSPS) is 11.5. The maximum absolute atomic E-state index is 11.1. The minimum Gasteiger partial charge on any atom is -0.454 e. The molecule has 2 nitrogen and oxygen atoms in total. The Morgan fingerprint density at radius 3 is 2.53 bits per heavy atom. The molecule has 1 rings (SSSR count). The molecule has 78 valence electrons. The second-order valence-corrected chi connectivity index (χ2v) is 3.06. The summed E-state index contributed by atoms with van der Waals surface area (Å²) < 4.78 is 5.20. The first-order valence-electron chi connectivity index (χ1n) is 4.76. The lowest BCUT2D eigenvalue weighted by Crippen LogP contribution is -2.08. The Labute approximate surface area is 89.9 Å². The average Bonchev–Trinajstić information content (AvgIpc) is 2.29. The Bertz CT molecular complexity index is 341. The zero-order chi connectivity index (χ0) is 11.1. The van der Waals surface area contributed by atoms with E-state index in [1.807, 2.05) is 30.3 Å². The fourth-order valence-corrected chi connectivity index (χ4v) is 1.26. The van der Waals surface area contributed by atoms with Crippen LogP contribution in [-0.2, 0) is 9.53 Å². The molecular weight excluding hydrogens is 188 g/mol. The van der Waals surface area contributed by atoms with Gasteiger partial charge in [-0.15, -0.1) is 6.58 Å². The first-order chi connectivity index (χ1) is 7.27. The van der Waals surface area contributed by atoms with E-state index in [-0.39, 0.29) is 6.10 Å². The Morgan fingerprint density at radius 1 is 1.33 bits per heavy atom. The molecule has 0 aliphatic carbocycles. The van der Waals surface area contributed by atoms with Crippen LogP contribution in [0.3, 0.4) is 0 Å². The molecule has 0 heterocycles. The van der Waals surface area contributed by atoms with E-state index in [9.17, 15) is 4.79 Å². The van der Waals surface area contributed by atoms with Crippen molar-refractivity contribution in [2.24, 2.45) is 0 Å². The first-order valence-corrected chi connectivity index (χ1v) is 4.76. The van der Waals surface area contributed by atoms with Gasteiger partial charge in [-0.2, -0.15) is 0 Å². The molecule has 0 aromatic heterocycles. The molecule has 1 unspecified atom stereocenters. The molecule has 0 saturated heterocycles. The summed E-state index contributed by atoms with van der Waals surface area (Å²) in [6.07, 6.45) is 3.23. The van der Waals surface area contributed by atoms with Gasteiger partial charge in [0, 0.05) is 12.5 Å². The highest BCUT2D eigenvalue weighted by Crippen LogP contribution is 2.21. The van der Waals surface area contributed by atoms with Gasteiger partial charge in [0.2, 0.25) is 0 Å². The summed E-state index contributed by atoms with van der Waals surface area (Å²) in [6.45, 7) is 7.01. The van der Waals surface area contributed by atoms with Crippen LogP contribution in [0.5, 0.6) is 0 Å². The molecule has 0 aliphatic heterocycles. The van der Waals surface area contributed by atoms with Gasteiger partial charge in [0.1, 0.15) is 6.10 Å². The predicted molar refractivity (Wildman–Crippen MR) is 60.3 cm³/mol. The van der Waals surface area contributed by atoms with E-state index in [1.165, 1.54) is 6.08 Å². The van der Waals surface area contributed by atoms with Gasteiger partial charge in [-0.1, -0.05) is 43.0 Å². The molecule has 0 amide bonds. The van der Waals surface area contributed by atoms with Crippen molar-refractivity contribution in [2.45, 2.75) is 12.5 Å². The average molecular weight is 202 g/mol. The van der Waals surface area contributed by atoms with Crippen LogP contribution in [0.25, 0.3) is 0 Å². The van der Waals surface area contributed by atoms with Crippen LogP contribution in [0.4, 0.5) is 0 Å². The van der Waals surface area contributed by atoms with Crippen molar-refractivity contribution in [2.75, 3.05) is 0 Å². The van der Waals surface area contributed by atoms with Gasteiger partial charge in [-0.3, -0.25) is 0 Å². The standard InChI is InChI=1S/C13H14O2/c1-3-8-12(15-13(14)4-2)11-9-6-5-7-10-11/h3-7,9-10,12H,1-2,8H2. The molecule has 0 aliphatic rings. The number of carbonyl (C=O) groups is 1. The van der Waals surface area contributed by atoms with E-state index in [4.69, 9.17) is 4.74 Å². The molecule has 15 heavy (non-hydrogen) atoms. The number of hydrogen-bond acceptors (Lipinski definition) is 2. The van der Waals surface area contributed by atoms with Crippen molar-refractivity contribution >= 4 is 5.97 Å². The van der Waals surface area contributed by atoms with Crippen molar-refractivity contribution in [3.05, 3.63) is 61.2 Å². The molecular formula is C13H14O2. The van der Waals surface area contributed by atoms with Gasteiger partial charge in [0.05, 0.1) is 0 Å². The Morgan fingerprint density at radius 2 is 2.00 bits per heavy atom. The molecule has 1 aromatic rings. The zero-order valence-electron chi connectivity index (χ0n) is 8.56. The van der Waals surface area contributed by atoms with Crippen LogP contribution < -0.4 is 0 Å². The number of carbonyl (C=O) groups excluding carboxylic acids is 1. The fourth-order valence-electron chi connectivity index (χ4n) is 1.26. The molecule has 0 bridgehead atoms. The van der Waals surface area contributed by atoms with Crippen molar-refractivity contribution in [1.29, 1.82) is 0 Å². The van der Waals surface area contributed by atoms with Crippen LogP contribution in [-0.4, -0.2) is 5.97 Å². The SMILES string of the molecule is C=CCC(OC(=O)C=C)c1ccccc1. The Kier molecular flexibility index (Phi) is 4.35. The monoisotopic (exact) mass is 202 g/mol. The topological polar surface area (TPSA) is 26.3 Å². The zero-order valence-corrected chi connectivity index (χ0v) is 8.56. The van der Waals surface area contributed by atoms with Gasteiger partial charge in [0.15, 0.2) is 0 Å². The van der Waals surface area contributed by atoms with E-state index >= 15 is 0 Å². The lowest BCUT2D eigenvalue weighted by molar-refractivity contribution is -0.143. The lowest BCUT2D eigenvalue weighted by atomic mass is 10.1. The van der Waals surface area contributed by atoms with E-state index in [2.05, 4.69) is 13.2 Å². The summed E-state index contributed by atoms with van der Waals surface area (Å²) in [7, 11) is 0. The predicted octanol–water partition coefficient (Wildman–Crippen LogP) is 3.03. The van der Waals surface area contributed by atoms with Crippen LogP contribution >= 0.6 is 0 Å². The number of hydrogen-bond donors (Lipinski definition) is 0. The fraction of sp³-hybridized carbons (Fsp3) is 0.154. The van der Waals surface area contributed by atoms with Gasteiger partial charge in [0.25, 0.3) is 0 Å². The molecule has 0 N–H and O–H groups in total. The number of benzene rings is 1. The maximum Gasteiger partial charge on any atom is 0.330 e. The second kappa shape index (κ2) is 5.81. The highest BCUT2D eigenvalue weighted by atomic mass is 16.5. The van der Waals surface area contributed by atoms with Crippen molar-refractivity contribution in [3.63, 3.8) is 0 Å². The van der Waals surface area contributed by atoms with E-state index in [1.54, 1.807) is 6.08 Å². The first kappa shape index (κ1) is 11.2. The van der Waals surface area contributed by atoms with Crippen LogP contribution in [0.15, 0.2) is 55.6 Å². The molecule has 0 fully saturated rings. The highest BCUT2D eigenvalue weighted by molar-refractivity contribution is 5.81. The van der Waals surface area contributed by atoms with E-state index in [0.29, 0.717) is 6.42 Å². The van der Waals surface area contributed by atoms with E-state index in [0.717, 1.165) is 5.56 Å². The third kappa shape index (κ3) is 3.43. The lowest BCUT2D eigenvalue weighted by Gasteiger charge is -2.15. The molecule has 0 radical (unpaired) electrons. The Hall–Kier alpha value is -1.83. The molecule has 0 spiro atoms. The van der Waals surface area contributed by atoms with Crippen molar-refractivity contribution in [1.82, 2.24) is 0 Å². The maximum atomic E-state index is 11.1. The summed E-state index contributed by atoms with van der Waals surface area (Å²) in [4.78, 5) is 11.1. The van der Waals surface area contributed by atoms with Crippen LogP contribution in [0.1, 0.15) is 18.1 Å². The third-order valence-electron chi connectivity index (χ3n) is 1.98. The van der Waals surface area contributed by atoms with Gasteiger partial charge < -0.3 is 4.74 Å². The summed E-state index contributed by atoms with van der Waals surface area (Å²) >= 11 is 0. The highest BCUT2D eigenvalue weighted by Gasteiger charge is 2.12. The van der Waals surface area contributed by atoms with Crippen LogP contribution in [0.2, 0.25) is 0 Å². The summed E-state index contributed by atoms with van der Waals surface area (Å²) in [5.41, 5.74) is 0.965. The molecule has 2 heteroatoms.